The summed E-state index contributed by atoms with van der Waals surface area (Å²) < 4.78 is 16.4. The number of rotatable bonds is 4. The van der Waals surface area contributed by atoms with Crippen LogP contribution in [0, 0.1) is 13.8 Å². The number of nitrogen functional groups attached to an aromatic ring is 1. The molecule has 0 aliphatic carbocycles. The van der Waals surface area contributed by atoms with Crippen molar-refractivity contribution in [2.45, 2.75) is 13.8 Å². The highest BCUT2D eigenvalue weighted by Crippen LogP contribution is 2.40. The summed E-state index contributed by atoms with van der Waals surface area (Å²) in [6.07, 6.45) is 0. The van der Waals surface area contributed by atoms with Crippen LogP contribution in [0.4, 0.5) is 5.69 Å². The van der Waals surface area contributed by atoms with Crippen molar-refractivity contribution >= 4 is 17.3 Å². The Morgan fingerprint density at radius 3 is 1.90 bits per heavy atom. The molecule has 0 atom stereocenters. The second kappa shape index (κ2) is 6.14. The number of nitrogens with two attached hydrogens (primary N) is 1. The molecule has 0 heterocycles. The summed E-state index contributed by atoms with van der Waals surface area (Å²) in [6.45, 7) is 3.87. The summed E-state index contributed by atoms with van der Waals surface area (Å²) >= 11 is 6.03. The van der Waals surface area contributed by atoms with Crippen molar-refractivity contribution in [3.63, 3.8) is 0 Å². The minimum absolute atomic E-state index is 0.474. The van der Waals surface area contributed by atoms with Crippen LogP contribution in [0.1, 0.15) is 11.1 Å². The lowest BCUT2D eigenvalue weighted by atomic mass is 10.1. The Balaban J connectivity index is 2.45. The van der Waals surface area contributed by atoms with Crippen LogP contribution in [0.5, 0.6) is 23.0 Å². The fraction of sp³-hybridized carbons (Fsp3) is 0.250. The van der Waals surface area contributed by atoms with Gasteiger partial charge in [0, 0.05) is 17.2 Å². The minimum atomic E-state index is 0.474. The largest absolute Gasteiger partial charge is 0.493 e. The van der Waals surface area contributed by atoms with Crippen LogP contribution >= 0.6 is 11.6 Å². The predicted molar refractivity (Wildman–Crippen MR) is 85.0 cm³/mol. The predicted octanol–water partition coefficient (Wildman–Crippen LogP) is 4.35. The van der Waals surface area contributed by atoms with E-state index < -0.39 is 0 Å². The molecular formula is C16H18ClNO3. The fourth-order valence-electron chi connectivity index (χ4n) is 2.13. The van der Waals surface area contributed by atoms with Gasteiger partial charge in [0.25, 0.3) is 0 Å². The summed E-state index contributed by atoms with van der Waals surface area (Å²) in [5, 5.41) is 0.678. The third kappa shape index (κ3) is 3.16. The zero-order valence-corrected chi connectivity index (χ0v) is 13.2. The van der Waals surface area contributed by atoms with Gasteiger partial charge in [-0.05, 0) is 37.1 Å². The number of ether oxygens (including phenoxy) is 3. The molecule has 0 aliphatic heterocycles. The van der Waals surface area contributed by atoms with E-state index in [1.54, 1.807) is 26.4 Å². The molecule has 0 aromatic heterocycles. The minimum Gasteiger partial charge on any atom is -0.493 e. The van der Waals surface area contributed by atoms with E-state index in [0.717, 1.165) is 16.9 Å². The van der Waals surface area contributed by atoms with Crippen LogP contribution in [0.2, 0.25) is 5.02 Å². The number of anilines is 1. The van der Waals surface area contributed by atoms with Crippen LogP contribution in [0.3, 0.4) is 0 Å². The second-order valence-corrected chi connectivity index (χ2v) is 5.15. The lowest BCUT2D eigenvalue weighted by molar-refractivity contribution is 0.352. The van der Waals surface area contributed by atoms with E-state index in [1.165, 1.54) is 0 Å². The standard InChI is InChI=1S/C16H18ClNO3/c1-9-5-11(17)6-10(2)16(9)21-13-8-15(20-4)14(19-3)7-12(13)18/h5-8H,18H2,1-4H3. The van der Waals surface area contributed by atoms with Gasteiger partial charge in [-0.1, -0.05) is 11.6 Å². The maximum absolute atomic E-state index is 6.03. The molecule has 2 aromatic carbocycles. The Bertz CT molecular complexity index is 648. The lowest BCUT2D eigenvalue weighted by Gasteiger charge is -2.16. The van der Waals surface area contributed by atoms with Gasteiger partial charge in [-0.2, -0.15) is 0 Å². The average molecular weight is 308 g/mol. The first-order chi connectivity index (χ1) is 9.96. The van der Waals surface area contributed by atoms with Crippen molar-refractivity contribution in [2.75, 3.05) is 20.0 Å². The first-order valence-electron chi connectivity index (χ1n) is 6.42. The first-order valence-corrected chi connectivity index (χ1v) is 6.80. The fourth-order valence-corrected chi connectivity index (χ4v) is 2.46. The molecule has 0 spiro atoms. The van der Waals surface area contributed by atoms with Gasteiger partial charge in [-0.3, -0.25) is 0 Å². The Kier molecular flexibility index (Phi) is 4.48. The Labute approximate surface area is 129 Å². The van der Waals surface area contributed by atoms with Gasteiger partial charge in [-0.15, -0.1) is 0 Å². The molecule has 0 fully saturated rings. The quantitative estimate of drug-likeness (QED) is 0.853. The molecule has 0 amide bonds. The Hall–Kier alpha value is -2.07. The summed E-state index contributed by atoms with van der Waals surface area (Å²) in [7, 11) is 3.13. The second-order valence-electron chi connectivity index (χ2n) is 4.72. The number of halogens is 1. The van der Waals surface area contributed by atoms with E-state index >= 15 is 0 Å². The van der Waals surface area contributed by atoms with Crippen molar-refractivity contribution in [2.24, 2.45) is 0 Å². The lowest BCUT2D eigenvalue weighted by Crippen LogP contribution is -1.98. The van der Waals surface area contributed by atoms with E-state index in [4.69, 9.17) is 31.5 Å². The zero-order valence-electron chi connectivity index (χ0n) is 12.5. The molecule has 0 unspecified atom stereocenters. The van der Waals surface area contributed by atoms with Crippen LogP contribution in [-0.2, 0) is 0 Å². The number of hydrogen-bond acceptors (Lipinski definition) is 4. The summed E-state index contributed by atoms with van der Waals surface area (Å²) in [6, 6.07) is 7.08. The Morgan fingerprint density at radius 1 is 0.857 bits per heavy atom. The number of aryl methyl sites for hydroxylation is 2. The van der Waals surface area contributed by atoms with Crippen LogP contribution in [0.15, 0.2) is 24.3 Å². The molecule has 0 saturated carbocycles. The van der Waals surface area contributed by atoms with Crippen molar-refractivity contribution in [3.05, 3.63) is 40.4 Å². The van der Waals surface area contributed by atoms with E-state index in [1.807, 2.05) is 26.0 Å². The third-order valence-corrected chi connectivity index (χ3v) is 3.37. The first kappa shape index (κ1) is 15.3. The van der Waals surface area contributed by atoms with Crippen LogP contribution in [0.25, 0.3) is 0 Å². The molecule has 21 heavy (non-hydrogen) atoms. The van der Waals surface area contributed by atoms with Crippen molar-refractivity contribution < 1.29 is 14.2 Å². The van der Waals surface area contributed by atoms with Crippen molar-refractivity contribution in [1.82, 2.24) is 0 Å². The van der Waals surface area contributed by atoms with E-state index in [-0.39, 0.29) is 0 Å². The van der Waals surface area contributed by atoms with Gasteiger partial charge < -0.3 is 19.9 Å². The molecule has 5 heteroatoms. The molecule has 112 valence electrons. The smallest absolute Gasteiger partial charge is 0.164 e. The van der Waals surface area contributed by atoms with Gasteiger partial charge in [0.05, 0.1) is 19.9 Å². The van der Waals surface area contributed by atoms with Gasteiger partial charge in [0.2, 0.25) is 0 Å². The van der Waals surface area contributed by atoms with E-state index in [9.17, 15) is 0 Å². The van der Waals surface area contributed by atoms with Crippen LogP contribution < -0.4 is 19.9 Å². The average Bonchev–Trinajstić information content (AvgIpc) is 2.43. The molecule has 0 saturated heterocycles. The summed E-state index contributed by atoms with van der Waals surface area (Å²) in [4.78, 5) is 0. The maximum atomic E-state index is 6.03. The topological polar surface area (TPSA) is 53.7 Å². The zero-order chi connectivity index (χ0) is 15.6. The van der Waals surface area contributed by atoms with Gasteiger partial charge in [-0.25, -0.2) is 0 Å². The SMILES string of the molecule is COc1cc(N)c(Oc2c(C)cc(Cl)cc2C)cc1OC. The highest BCUT2D eigenvalue weighted by atomic mass is 35.5. The number of benzene rings is 2. The molecule has 0 radical (unpaired) electrons. The van der Waals surface area contributed by atoms with Gasteiger partial charge in [0.1, 0.15) is 5.75 Å². The normalized spacial score (nSPS) is 10.3. The van der Waals surface area contributed by atoms with Crippen molar-refractivity contribution in [3.8, 4) is 23.0 Å². The monoisotopic (exact) mass is 307 g/mol. The highest BCUT2D eigenvalue weighted by molar-refractivity contribution is 6.30. The Morgan fingerprint density at radius 2 is 1.38 bits per heavy atom. The molecule has 2 rings (SSSR count). The molecule has 4 nitrogen and oxygen atoms in total. The third-order valence-electron chi connectivity index (χ3n) is 3.15. The van der Waals surface area contributed by atoms with E-state index in [0.29, 0.717) is 28.0 Å². The highest BCUT2D eigenvalue weighted by Gasteiger charge is 2.13. The van der Waals surface area contributed by atoms with Gasteiger partial charge in [0.15, 0.2) is 17.2 Å². The molecule has 2 N–H and O–H groups in total. The van der Waals surface area contributed by atoms with Crippen LogP contribution in [-0.4, -0.2) is 14.2 Å². The molecular weight excluding hydrogens is 290 g/mol. The van der Waals surface area contributed by atoms with Gasteiger partial charge >= 0.3 is 0 Å². The number of methoxy groups -OCH3 is 2. The summed E-state index contributed by atoms with van der Waals surface area (Å²) in [5.74, 6) is 2.37. The van der Waals surface area contributed by atoms with Crippen molar-refractivity contribution in [1.29, 1.82) is 0 Å². The maximum Gasteiger partial charge on any atom is 0.164 e. The number of hydrogen-bond donors (Lipinski definition) is 1. The molecule has 0 aliphatic rings. The summed E-state index contributed by atoms with van der Waals surface area (Å²) in [5.41, 5.74) is 8.36. The van der Waals surface area contributed by atoms with E-state index in [2.05, 4.69) is 0 Å². The molecule has 0 bridgehead atoms. The molecule has 2 aromatic rings.